The number of carboxylic acid groups (broad SMARTS) is 1. The second kappa shape index (κ2) is 6.74. The molecule has 1 N–H and O–H groups in total. The Balaban J connectivity index is 2.40. The lowest BCUT2D eigenvalue weighted by Gasteiger charge is -2.11. The molecule has 0 amide bonds. The molecule has 0 spiro atoms. The Labute approximate surface area is 133 Å². The maximum Gasteiger partial charge on any atom is 0.328 e. The summed E-state index contributed by atoms with van der Waals surface area (Å²) < 4.78 is 19.5. The van der Waals surface area contributed by atoms with E-state index in [2.05, 4.69) is 15.9 Å². The van der Waals surface area contributed by atoms with Gasteiger partial charge in [0.25, 0.3) is 0 Å². The first-order chi connectivity index (χ1) is 9.95. The van der Waals surface area contributed by atoms with Gasteiger partial charge in [-0.2, -0.15) is 0 Å². The molecule has 0 atom stereocenters. The molecular formula is C15H9BrClFO3. The SMILES string of the molecule is O=C(O)/C=C/c1cccc(Cl)c1Oc1cc(F)cc(Br)c1. The molecule has 0 bridgehead atoms. The molecule has 0 radical (unpaired) electrons. The van der Waals surface area contributed by atoms with Gasteiger partial charge in [-0.1, -0.05) is 39.7 Å². The van der Waals surface area contributed by atoms with E-state index in [1.807, 2.05) is 0 Å². The molecule has 0 unspecified atom stereocenters. The van der Waals surface area contributed by atoms with E-state index in [1.165, 1.54) is 18.2 Å². The molecule has 0 aromatic heterocycles. The number of halogens is 3. The Morgan fingerprint density at radius 1 is 1.33 bits per heavy atom. The number of ether oxygens (including phenoxy) is 1. The van der Waals surface area contributed by atoms with E-state index in [-0.39, 0.29) is 11.5 Å². The van der Waals surface area contributed by atoms with Crippen molar-refractivity contribution in [2.45, 2.75) is 0 Å². The standard InChI is InChI=1S/C15H9BrClFO3/c16-10-6-11(18)8-12(7-10)21-15-9(4-5-14(19)20)2-1-3-13(15)17/h1-8H,(H,19,20)/b5-4+. The zero-order valence-corrected chi connectivity index (χ0v) is 12.9. The summed E-state index contributed by atoms with van der Waals surface area (Å²) in [6, 6.07) is 9.00. The third-order valence-corrected chi connectivity index (χ3v) is 3.21. The van der Waals surface area contributed by atoms with E-state index in [1.54, 1.807) is 24.3 Å². The number of hydrogen-bond donors (Lipinski definition) is 1. The molecule has 2 aromatic rings. The minimum atomic E-state index is -1.09. The Hall–Kier alpha value is -1.85. The summed E-state index contributed by atoms with van der Waals surface area (Å²) in [4.78, 5) is 10.6. The summed E-state index contributed by atoms with van der Waals surface area (Å²) in [5, 5.41) is 8.98. The first-order valence-corrected chi connectivity index (χ1v) is 6.96. The van der Waals surface area contributed by atoms with Crippen LogP contribution < -0.4 is 4.74 Å². The molecule has 0 aliphatic rings. The van der Waals surface area contributed by atoms with Gasteiger partial charge in [0, 0.05) is 22.2 Å². The predicted octanol–water partition coefficient (Wildman–Crippen LogP) is 5.13. The number of aliphatic carboxylic acids is 1. The Bertz CT molecular complexity index is 696. The molecule has 21 heavy (non-hydrogen) atoms. The van der Waals surface area contributed by atoms with Crippen LogP contribution >= 0.6 is 27.5 Å². The molecule has 0 saturated heterocycles. The summed E-state index contributed by atoms with van der Waals surface area (Å²) in [6.45, 7) is 0. The van der Waals surface area contributed by atoms with Crippen LogP contribution in [0.15, 0.2) is 46.9 Å². The predicted molar refractivity (Wildman–Crippen MR) is 82.3 cm³/mol. The van der Waals surface area contributed by atoms with E-state index in [0.29, 0.717) is 15.1 Å². The molecule has 2 aromatic carbocycles. The highest BCUT2D eigenvalue weighted by Gasteiger charge is 2.09. The molecular weight excluding hydrogens is 363 g/mol. The van der Waals surface area contributed by atoms with Crippen LogP contribution in [0, 0.1) is 5.82 Å². The fourth-order valence-corrected chi connectivity index (χ4v) is 2.30. The van der Waals surface area contributed by atoms with Crippen LogP contribution in [0.2, 0.25) is 5.02 Å². The number of rotatable bonds is 4. The van der Waals surface area contributed by atoms with Crippen molar-refractivity contribution >= 4 is 39.6 Å². The van der Waals surface area contributed by atoms with Gasteiger partial charge in [-0.05, 0) is 24.3 Å². The normalized spacial score (nSPS) is 10.8. The van der Waals surface area contributed by atoms with Crippen LogP contribution in [-0.2, 0) is 4.79 Å². The summed E-state index contributed by atoms with van der Waals surface area (Å²) in [5.74, 6) is -1.04. The van der Waals surface area contributed by atoms with Gasteiger partial charge in [-0.25, -0.2) is 9.18 Å². The van der Waals surface area contributed by atoms with Crippen molar-refractivity contribution in [3.63, 3.8) is 0 Å². The lowest BCUT2D eigenvalue weighted by Crippen LogP contribution is -1.91. The maximum absolute atomic E-state index is 13.4. The first kappa shape index (κ1) is 15.5. The van der Waals surface area contributed by atoms with Gasteiger partial charge in [-0.3, -0.25) is 0 Å². The third kappa shape index (κ3) is 4.31. The average Bonchev–Trinajstić information content (AvgIpc) is 2.38. The minimum Gasteiger partial charge on any atom is -0.478 e. The van der Waals surface area contributed by atoms with Gasteiger partial charge in [0.15, 0.2) is 5.75 Å². The van der Waals surface area contributed by atoms with Crippen molar-refractivity contribution in [3.8, 4) is 11.5 Å². The smallest absolute Gasteiger partial charge is 0.328 e. The van der Waals surface area contributed by atoms with Crippen molar-refractivity contribution < 1.29 is 19.0 Å². The number of para-hydroxylation sites is 1. The maximum atomic E-state index is 13.4. The molecule has 0 aliphatic heterocycles. The second-order valence-corrected chi connectivity index (χ2v) is 5.36. The van der Waals surface area contributed by atoms with Crippen LogP contribution in [0.5, 0.6) is 11.5 Å². The van der Waals surface area contributed by atoms with E-state index in [0.717, 1.165) is 6.08 Å². The largest absolute Gasteiger partial charge is 0.478 e. The van der Waals surface area contributed by atoms with Gasteiger partial charge in [0.2, 0.25) is 0 Å². The van der Waals surface area contributed by atoms with E-state index >= 15 is 0 Å². The quantitative estimate of drug-likeness (QED) is 0.758. The van der Waals surface area contributed by atoms with E-state index in [4.69, 9.17) is 21.4 Å². The average molecular weight is 372 g/mol. The van der Waals surface area contributed by atoms with Crippen molar-refractivity contribution in [3.05, 3.63) is 63.4 Å². The lowest BCUT2D eigenvalue weighted by molar-refractivity contribution is -0.131. The van der Waals surface area contributed by atoms with Crippen LogP contribution in [0.25, 0.3) is 6.08 Å². The summed E-state index contributed by atoms with van der Waals surface area (Å²) >= 11 is 9.23. The van der Waals surface area contributed by atoms with Crippen molar-refractivity contribution in [2.24, 2.45) is 0 Å². The molecule has 0 heterocycles. The number of hydrogen-bond acceptors (Lipinski definition) is 2. The Morgan fingerprint density at radius 2 is 2.10 bits per heavy atom. The molecule has 6 heteroatoms. The number of benzene rings is 2. The highest BCUT2D eigenvalue weighted by molar-refractivity contribution is 9.10. The van der Waals surface area contributed by atoms with Gasteiger partial charge in [0.1, 0.15) is 11.6 Å². The van der Waals surface area contributed by atoms with Crippen LogP contribution in [-0.4, -0.2) is 11.1 Å². The number of carbonyl (C=O) groups is 1. The number of carboxylic acids is 1. The van der Waals surface area contributed by atoms with Gasteiger partial charge in [-0.15, -0.1) is 0 Å². The lowest BCUT2D eigenvalue weighted by atomic mass is 10.2. The van der Waals surface area contributed by atoms with Gasteiger partial charge < -0.3 is 9.84 Å². The Kier molecular flexibility index (Phi) is 4.98. The first-order valence-electron chi connectivity index (χ1n) is 5.79. The third-order valence-electron chi connectivity index (χ3n) is 2.46. The topological polar surface area (TPSA) is 46.5 Å². The summed E-state index contributed by atoms with van der Waals surface area (Å²) in [6.07, 6.45) is 2.33. The highest BCUT2D eigenvalue weighted by Crippen LogP contribution is 2.35. The highest BCUT2D eigenvalue weighted by atomic mass is 79.9. The van der Waals surface area contributed by atoms with Crippen molar-refractivity contribution in [2.75, 3.05) is 0 Å². The molecule has 0 saturated carbocycles. The van der Waals surface area contributed by atoms with E-state index in [9.17, 15) is 9.18 Å². The molecule has 0 aliphatic carbocycles. The zero-order valence-electron chi connectivity index (χ0n) is 10.5. The minimum absolute atomic E-state index is 0.250. The van der Waals surface area contributed by atoms with Crippen molar-refractivity contribution in [1.29, 1.82) is 0 Å². The summed E-state index contributed by atoms with van der Waals surface area (Å²) in [5.41, 5.74) is 0.477. The second-order valence-electron chi connectivity index (χ2n) is 4.04. The fraction of sp³-hybridized carbons (Fsp3) is 0. The van der Waals surface area contributed by atoms with Crippen LogP contribution in [0.4, 0.5) is 4.39 Å². The van der Waals surface area contributed by atoms with Crippen molar-refractivity contribution in [1.82, 2.24) is 0 Å². The molecule has 0 fully saturated rings. The molecule has 3 nitrogen and oxygen atoms in total. The van der Waals surface area contributed by atoms with Gasteiger partial charge >= 0.3 is 5.97 Å². The fourth-order valence-electron chi connectivity index (χ4n) is 1.63. The summed E-state index contributed by atoms with van der Waals surface area (Å²) in [7, 11) is 0. The van der Waals surface area contributed by atoms with Crippen LogP contribution in [0.3, 0.4) is 0 Å². The van der Waals surface area contributed by atoms with E-state index < -0.39 is 11.8 Å². The Morgan fingerprint density at radius 3 is 2.76 bits per heavy atom. The van der Waals surface area contributed by atoms with Crippen LogP contribution in [0.1, 0.15) is 5.56 Å². The monoisotopic (exact) mass is 370 g/mol. The molecule has 2 rings (SSSR count). The molecule has 108 valence electrons. The zero-order chi connectivity index (χ0) is 15.4. The van der Waals surface area contributed by atoms with Gasteiger partial charge in [0.05, 0.1) is 5.02 Å².